The molecule has 54 heavy (non-hydrogen) atoms. The number of rotatable bonds is 44. The lowest BCUT2D eigenvalue weighted by Crippen LogP contribution is -2.36. The van der Waals surface area contributed by atoms with Gasteiger partial charge in [-0.1, -0.05) is 103 Å². The number of nitrogens with zero attached hydrogens (tertiary/aromatic N) is 1. The fourth-order valence-corrected chi connectivity index (χ4v) is 5.25. The maximum atomic E-state index is 11.9. The summed E-state index contributed by atoms with van der Waals surface area (Å²) in [6.07, 6.45) is 21.8. The average Bonchev–Trinajstić information content (AvgIpc) is 3.14. The van der Waals surface area contributed by atoms with Gasteiger partial charge in [0, 0.05) is 20.2 Å². The molecule has 1 amide bonds. The Labute approximate surface area is 331 Å². The first-order valence-electron chi connectivity index (χ1n) is 21.5. The predicted octanol–water partition coefficient (Wildman–Crippen LogP) is 8.26. The van der Waals surface area contributed by atoms with Crippen LogP contribution in [0.1, 0.15) is 130 Å². The van der Waals surface area contributed by atoms with Crippen molar-refractivity contribution in [3.05, 3.63) is 0 Å². The molecule has 0 aliphatic carbocycles. The van der Waals surface area contributed by atoms with Crippen LogP contribution in [0, 0.1) is 0 Å². The summed E-state index contributed by atoms with van der Waals surface area (Å²) in [5.74, 6) is 0. The lowest BCUT2D eigenvalue weighted by Gasteiger charge is -2.24. The van der Waals surface area contributed by atoms with Crippen LogP contribution in [0.2, 0.25) is 0 Å². The highest BCUT2D eigenvalue weighted by molar-refractivity contribution is 5.67. The Morgan fingerprint density at radius 1 is 0.370 bits per heavy atom. The maximum Gasteiger partial charge on any atom is 0.410 e. The van der Waals surface area contributed by atoms with Crippen molar-refractivity contribution in [3.8, 4) is 0 Å². The summed E-state index contributed by atoms with van der Waals surface area (Å²) in [4.78, 5) is 13.4. The second-order valence-electron chi connectivity index (χ2n) is 14.7. The van der Waals surface area contributed by atoms with Gasteiger partial charge in [-0.05, 0) is 27.2 Å². The number of hydrogen-bond donors (Lipinski definition) is 0. The van der Waals surface area contributed by atoms with Gasteiger partial charge in [-0.3, -0.25) is 0 Å². The van der Waals surface area contributed by atoms with Gasteiger partial charge in [0.2, 0.25) is 0 Å². The zero-order chi connectivity index (χ0) is 39.5. The Morgan fingerprint density at radius 3 is 0.889 bits per heavy atom. The summed E-state index contributed by atoms with van der Waals surface area (Å²) in [6, 6.07) is 0. The number of hydrogen-bond acceptors (Lipinski definition) is 11. The van der Waals surface area contributed by atoms with Gasteiger partial charge in [0.1, 0.15) is 5.60 Å². The van der Waals surface area contributed by atoms with Gasteiger partial charge >= 0.3 is 6.09 Å². The molecule has 0 aliphatic rings. The van der Waals surface area contributed by atoms with Crippen LogP contribution in [-0.2, 0) is 47.4 Å². The van der Waals surface area contributed by atoms with E-state index in [0.717, 1.165) is 13.0 Å². The highest BCUT2D eigenvalue weighted by Crippen LogP contribution is 2.14. The first-order valence-corrected chi connectivity index (χ1v) is 21.5. The minimum atomic E-state index is -0.506. The molecular formula is C42H85NO11. The Kier molecular flexibility index (Phi) is 42.2. The zero-order valence-electron chi connectivity index (χ0n) is 35.7. The van der Waals surface area contributed by atoms with Crippen LogP contribution < -0.4 is 0 Å². The predicted molar refractivity (Wildman–Crippen MR) is 216 cm³/mol. The SMILES string of the molecule is CCCCCCCCCCCCCCCCCCOCCOCCOCCOCCOCCOCCOCCOCCOCCN(C)C(=O)OC(C)(C)C. The van der Waals surface area contributed by atoms with E-state index in [-0.39, 0.29) is 6.09 Å². The summed E-state index contributed by atoms with van der Waals surface area (Å²) in [5, 5.41) is 0. The molecule has 0 aromatic carbocycles. The van der Waals surface area contributed by atoms with E-state index in [1.807, 2.05) is 20.8 Å². The van der Waals surface area contributed by atoms with Crippen LogP contribution >= 0.6 is 0 Å². The van der Waals surface area contributed by atoms with Crippen molar-refractivity contribution in [2.45, 2.75) is 136 Å². The molecule has 0 rings (SSSR count). The number of carbonyl (C=O) groups is 1. The number of likely N-dealkylation sites (N-methyl/N-ethyl adjacent to an activating group) is 1. The molecule has 0 fully saturated rings. The van der Waals surface area contributed by atoms with E-state index in [9.17, 15) is 4.79 Å². The lowest BCUT2D eigenvalue weighted by molar-refractivity contribution is -0.0254. The summed E-state index contributed by atoms with van der Waals surface area (Å²) < 4.78 is 55.1. The van der Waals surface area contributed by atoms with E-state index < -0.39 is 5.60 Å². The Balaban J connectivity index is 3.12. The average molecular weight is 780 g/mol. The molecule has 0 aromatic rings. The normalized spacial score (nSPS) is 11.8. The molecule has 0 saturated heterocycles. The van der Waals surface area contributed by atoms with Crippen LogP contribution in [0.4, 0.5) is 4.79 Å². The maximum absolute atomic E-state index is 11.9. The number of unbranched alkanes of at least 4 members (excludes halogenated alkanes) is 15. The van der Waals surface area contributed by atoms with Crippen LogP contribution in [0.3, 0.4) is 0 Å². The second kappa shape index (κ2) is 43.0. The molecule has 0 spiro atoms. The molecule has 0 aliphatic heterocycles. The largest absolute Gasteiger partial charge is 0.444 e. The molecule has 0 bridgehead atoms. The van der Waals surface area contributed by atoms with Crippen molar-refractivity contribution >= 4 is 6.09 Å². The Bertz CT molecular complexity index is 742. The molecule has 0 heterocycles. The highest BCUT2D eigenvalue weighted by atomic mass is 16.6. The fraction of sp³-hybridized carbons (Fsp3) is 0.976. The van der Waals surface area contributed by atoms with E-state index in [1.165, 1.54) is 101 Å². The molecule has 324 valence electrons. The molecule has 12 heteroatoms. The van der Waals surface area contributed by atoms with Crippen molar-refractivity contribution in [2.75, 3.05) is 133 Å². The molecule has 0 saturated carbocycles. The standard InChI is InChI=1S/C42H85NO11/c1-6-7-8-9-10-11-12-13-14-15-16-17-18-19-20-21-23-45-25-27-47-29-31-49-33-35-51-37-39-53-40-38-52-36-34-50-32-30-48-28-26-46-24-22-43(5)41(44)54-42(2,3)4/h6-40H2,1-5H3. The van der Waals surface area contributed by atoms with Gasteiger partial charge < -0.3 is 52.3 Å². The minimum Gasteiger partial charge on any atom is -0.444 e. The molecular weight excluding hydrogens is 694 g/mol. The van der Waals surface area contributed by atoms with Gasteiger partial charge in [-0.2, -0.15) is 0 Å². The van der Waals surface area contributed by atoms with Gasteiger partial charge in [0.15, 0.2) is 0 Å². The molecule has 0 unspecified atom stereocenters. The molecule has 12 nitrogen and oxygen atoms in total. The number of carbonyl (C=O) groups excluding carboxylic acids is 1. The van der Waals surface area contributed by atoms with Crippen LogP contribution in [-0.4, -0.2) is 149 Å². The highest BCUT2D eigenvalue weighted by Gasteiger charge is 2.19. The van der Waals surface area contributed by atoms with Crippen molar-refractivity contribution in [3.63, 3.8) is 0 Å². The van der Waals surface area contributed by atoms with Gasteiger partial charge in [-0.15, -0.1) is 0 Å². The van der Waals surface area contributed by atoms with Crippen LogP contribution in [0.25, 0.3) is 0 Å². The number of ether oxygens (including phenoxy) is 10. The van der Waals surface area contributed by atoms with Gasteiger partial charge in [-0.25, -0.2) is 4.79 Å². The van der Waals surface area contributed by atoms with Gasteiger partial charge in [0.25, 0.3) is 0 Å². The van der Waals surface area contributed by atoms with Crippen molar-refractivity contribution < 1.29 is 52.2 Å². The zero-order valence-corrected chi connectivity index (χ0v) is 35.7. The lowest BCUT2D eigenvalue weighted by atomic mass is 10.0. The van der Waals surface area contributed by atoms with Crippen LogP contribution in [0.5, 0.6) is 0 Å². The van der Waals surface area contributed by atoms with Gasteiger partial charge in [0.05, 0.1) is 112 Å². The Morgan fingerprint density at radius 2 is 0.611 bits per heavy atom. The van der Waals surface area contributed by atoms with E-state index in [4.69, 9.17) is 47.4 Å². The summed E-state index contributed by atoms with van der Waals surface area (Å²) in [6.45, 7) is 17.9. The first-order chi connectivity index (χ1) is 26.4. The molecule has 0 atom stereocenters. The minimum absolute atomic E-state index is 0.359. The van der Waals surface area contributed by atoms with Crippen molar-refractivity contribution in [1.82, 2.24) is 4.90 Å². The van der Waals surface area contributed by atoms with Crippen molar-refractivity contribution in [1.29, 1.82) is 0 Å². The first kappa shape index (κ1) is 52.9. The second-order valence-corrected chi connectivity index (χ2v) is 14.7. The molecule has 0 aromatic heterocycles. The molecule has 0 N–H and O–H groups in total. The third kappa shape index (κ3) is 45.3. The number of amides is 1. The third-order valence-corrected chi connectivity index (χ3v) is 8.39. The monoisotopic (exact) mass is 780 g/mol. The summed E-state index contributed by atoms with van der Waals surface area (Å²) in [7, 11) is 1.69. The van der Waals surface area contributed by atoms with E-state index in [0.29, 0.717) is 119 Å². The summed E-state index contributed by atoms with van der Waals surface area (Å²) >= 11 is 0. The summed E-state index contributed by atoms with van der Waals surface area (Å²) in [5.41, 5.74) is -0.506. The van der Waals surface area contributed by atoms with E-state index >= 15 is 0 Å². The smallest absolute Gasteiger partial charge is 0.410 e. The Hall–Kier alpha value is -1.09. The third-order valence-electron chi connectivity index (χ3n) is 8.39. The van der Waals surface area contributed by atoms with Crippen LogP contribution in [0.15, 0.2) is 0 Å². The fourth-order valence-electron chi connectivity index (χ4n) is 5.25. The van der Waals surface area contributed by atoms with E-state index in [1.54, 1.807) is 7.05 Å². The van der Waals surface area contributed by atoms with E-state index in [2.05, 4.69) is 6.92 Å². The topological polar surface area (TPSA) is 113 Å². The van der Waals surface area contributed by atoms with Crippen molar-refractivity contribution in [2.24, 2.45) is 0 Å². The quantitative estimate of drug-likeness (QED) is 0.0558. The molecule has 0 radical (unpaired) electrons.